The van der Waals surface area contributed by atoms with Crippen LogP contribution < -0.4 is 11.1 Å². The first-order valence-corrected chi connectivity index (χ1v) is 10.2. The second kappa shape index (κ2) is 8.96. The summed E-state index contributed by atoms with van der Waals surface area (Å²) in [6.45, 7) is 5.89. The number of hydrogen-bond donors (Lipinski definition) is 2. The molecule has 29 heavy (non-hydrogen) atoms. The van der Waals surface area contributed by atoms with Crippen molar-refractivity contribution in [3.8, 4) is 16.9 Å². The largest absolute Gasteiger partial charge is 0.351 e. The minimum Gasteiger partial charge on any atom is -0.351 e. The number of aryl methyl sites for hydroxylation is 1. The molecule has 0 radical (unpaired) electrons. The van der Waals surface area contributed by atoms with E-state index in [0.29, 0.717) is 5.16 Å². The maximum atomic E-state index is 12.5. The van der Waals surface area contributed by atoms with Gasteiger partial charge in [0.2, 0.25) is 5.91 Å². The molecule has 6 nitrogen and oxygen atoms in total. The molecule has 3 amide bonds. The van der Waals surface area contributed by atoms with Gasteiger partial charge in [-0.15, -0.1) is 0 Å². The van der Waals surface area contributed by atoms with Crippen LogP contribution in [0.1, 0.15) is 19.4 Å². The number of imidazole rings is 1. The van der Waals surface area contributed by atoms with Crippen LogP contribution in [0, 0.1) is 12.8 Å². The molecular weight excluding hydrogens is 384 g/mol. The molecule has 0 aliphatic rings. The minimum atomic E-state index is -0.854. The van der Waals surface area contributed by atoms with Crippen molar-refractivity contribution < 1.29 is 9.59 Å². The topological polar surface area (TPSA) is 90.0 Å². The van der Waals surface area contributed by atoms with E-state index in [1.165, 1.54) is 11.8 Å². The van der Waals surface area contributed by atoms with E-state index < -0.39 is 17.2 Å². The van der Waals surface area contributed by atoms with Crippen molar-refractivity contribution in [1.29, 1.82) is 0 Å². The number of nitrogens with zero attached hydrogens (tertiary/aromatic N) is 2. The number of thioether (sulfide) groups is 1. The van der Waals surface area contributed by atoms with Crippen molar-refractivity contribution in [2.24, 2.45) is 11.7 Å². The maximum Gasteiger partial charge on any atom is 0.318 e. The Balaban J connectivity index is 2.06. The Kier molecular flexibility index (Phi) is 6.39. The second-order valence-corrected chi connectivity index (χ2v) is 8.21. The van der Waals surface area contributed by atoms with Crippen LogP contribution in [0.5, 0.6) is 0 Å². The highest BCUT2D eigenvalue weighted by Gasteiger charge is 2.27. The molecule has 0 aliphatic heterocycles. The number of carbonyl (C=O) groups excluding carboxylic acids is 2. The molecule has 3 rings (SSSR count). The highest BCUT2D eigenvalue weighted by Crippen LogP contribution is 2.34. The van der Waals surface area contributed by atoms with E-state index >= 15 is 0 Å². The number of amides is 3. The van der Waals surface area contributed by atoms with Crippen molar-refractivity contribution in [2.45, 2.75) is 31.2 Å². The van der Waals surface area contributed by atoms with Gasteiger partial charge < -0.3 is 5.73 Å². The summed E-state index contributed by atoms with van der Waals surface area (Å²) in [5.41, 5.74) is 9.20. The monoisotopic (exact) mass is 408 g/mol. The molecule has 1 aromatic heterocycles. The van der Waals surface area contributed by atoms with Gasteiger partial charge in [-0.05, 0) is 25.0 Å². The summed E-state index contributed by atoms with van der Waals surface area (Å²) >= 11 is 1.32. The number of primary amides is 1. The molecule has 1 heterocycles. The summed E-state index contributed by atoms with van der Waals surface area (Å²) < 4.78 is 2.03. The SMILES string of the molecule is Cc1ccc(-n2c(-c3ccccc3)cnc2SC(C(=O)NC(N)=O)C(C)C)cc1. The van der Waals surface area contributed by atoms with E-state index in [2.05, 4.69) is 10.3 Å². The zero-order valence-electron chi connectivity index (χ0n) is 16.6. The van der Waals surface area contributed by atoms with Gasteiger partial charge in [0, 0.05) is 11.3 Å². The first kappa shape index (κ1) is 20.7. The van der Waals surface area contributed by atoms with Gasteiger partial charge in [0.1, 0.15) is 0 Å². The Labute approximate surface area is 174 Å². The van der Waals surface area contributed by atoms with Crippen molar-refractivity contribution in [2.75, 3.05) is 0 Å². The van der Waals surface area contributed by atoms with E-state index in [1.54, 1.807) is 6.20 Å². The summed E-state index contributed by atoms with van der Waals surface area (Å²) in [5, 5.41) is 2.35. The van der Waals surface area contributed by atoms with Gasteiger partial charge >= 0.3 is 6.03 Å². The first-order valence-electron chi connectivity index (χ1n) is 9.34. The number of benzene rings is 2. The van der Waals surface area contributed by atoms with Crippen LogP contribution in [0.2, 0.25) is 0 Å². The van der Waals surface area contributed by atoms with Gasteiger partial charge in [0.05, 0.1) is 17.1 Å². The fraction of sp³-hybridized carbons (Fsp3) is 0.227. The Morgan fingerprint density at radius 1 is 1.07 bits per heavy atom. The fourth-order valence-corrected chi connectivity index (χ4v) is 4.06. The predicted molar refractivity (Wildman–Crippen MR) is 116 cm³/mol. The molecule has 0 saturated heterocycles. The maximum absolute atomic E-state index is 12.5. The molecule has 0 bridgehead atoms. The third-order valence-corrected chi connectivity index (χ3v) is 5.95. The lowest BCUT2D eigenvalue weighted by molar-refractivity contribution is -0.120. The van der Waals surface area contributed by atoms with Gasteiger partial charge in [-0.2, -0.15) is 0 Å². The Bertz CT molecular complexity index is 997. The Morgan fingerprint density at radius 3 is 2.31 bits per heavy atom. The number of nitrogens with two attached hydrogens (primary N) is 1. The van der Waals surface area contributed by atoms with Crippen molar-refractivity contribution in [3.63, 3.8) is 0 Å². The molecule has 3 aromatic rings. The lowest BCUT2D eigenvalue weighted by Gasteiger charge is -2.20. The molecule has 3 N–H and O–H groups in total. The molecule has 0 saturated carbocycles. The highest BCUT2D eigenvalue weighted by atomic mass is 32.2. The third kappa shape index (κ3) is 4.86. The van der Waals surface area contributed by atoms with Crippen molar-refractivity contribution in [3.05, 3.63) is 66.4 Å². The van der Waals surface area contributed by atoms with Crippen LogP contribution >= 0.6 is 11.8 Å². The van der Waals surface area contributed by atoms with Crippen molar-refractivity contribution >= 4 is 23.7 Å². The van der Waals surface area contributed by atoms with Gasteiger partial charge in [-0.25, -0.2) is 9.78 Å². The predicted octanol–water partition coefficient (Wildman–Crippen LogP) is 4.16. The summed E-state index contributed by atoms with van der Waals surface area (Å²) in [7, 11) is 0. The zero-order chi connectivity index (χ0) is 21.0. The Morgan fingerprint density at radius 2 is 1.72 bits per heavy atom. The fourth-order valence-electron chi connectivity index (χ4n) is 2.97. The first-order chi connectivity index (χ1) is 13.9. The van der Waals surface area contributed by atoms with E-state index in [0.717, 1.165) is 22.5 Å². The molecular formula is C22H24N4O2S. The van der Waals surface area contributed by atoms with E-state index in [4.69, 9.17) is 5.73 Å². The molecule has 1 unspecified atom stereocenters. The average Bonchev–Trinajstić information content (AvgIpc) is 3.10. The molecule has 0 fully saturated rings. The lowest BCUT2D eigenvalue weighted by Crippen LogP contribution is -2.42. The standard InChI is InChI=1S/C22H24N4O2S/c1-14(2)19(20(27)25-21(23)28)29-22-24-13-18(16-7-5-4-6-8-16)26(22)17-11-9-15(3)10-12-17/h4-14,19H,1-3H3,(H3,23,25,27,28). The van der Waals surface area contributed by atoms with Gasteiger partial charge in [0.15, 0.2) is 5.16 Å². The van der Waals surface area contributed by atoms with Gasteiger partial charge in [-0.1, -0.05) is 73.6 Å². The van der Waals surface area contributed by atoms with E-state index in [-0.39, 0.29) is 5.92 Å². The number of hydrogen-bond acceptors (Lipinski definition) is 4. The molecule has 0 spiro atoms. The summed E-state index contributed by atoms with van der Waals surface area (Å²) in [4.78, 5) is 28.3. The molecule has 150 valence electrons. The van der Waals surface area contributed by atoms with Crippen molar-refractivity contribution in [1.82, 2.24) is 14.9 Å². The lowest BCUT2D eigenvalue weighted by atomic mass is 10.1. The van der Waals surface area contributed by atoms with Crippen LogP contribution in [0.3, 0.4) is 0 Å². The van der Waals surface area contributed by atoms with Crippen LogP contribution in [-0.2, 0) is 4.79 Å². The molecule has 7 heteroatoms. The molecule has 0 aliphatic carbocycles. The number of urea groups is 1. The zero-order valence-corrected chi connectivity index (χ0v) is 17.4. The molecule has 1 atom stereocenters. The van der Waals surface area contributed by atoms with Gasteiger partial charge in [-0.3, -0.25) is 14.7 Å². The number of rotatable bonds is 6. The summed E-state index contributed by atoms with van der Waals surface area (Å²) in [5.74, 6) is -0.445. The van der Waals surface area contributed by atoms with E-state index in [1.807, 2.05) is 79.9 Å². The second-order valence-electron chi connectivity index (χ2n) is 7.10. The number of carbonyl (C=O) groups is 2. The normalized spacial score (nSPS) is 12.0. The number of nitrogens with one attached hydrogen (secondary N) is 1. The van der Waals surface area contributed by atoms with Gasteiger partial charge in [0.25, 0.3) is 0 Å². The van der Waals surface area contributed by atoms with Crippen LogP contribution in [0.4, 0.5) is 4.79 Å². The van der Waals surface area contributed by atoms with E-state index in [9.17, 15) is 9.59 Å². The average molecular weight is 409 g/mol. The summed E-state index contributed by atoms with van der Waals surface area (Å²) in [6, 6.07) is 17.3. The minimum absolute atomic E-state index is 0.0253. The highest BCUT2D eigenvalue weighted by molar-refractivity contribution is 8.00. The Hall–Kier alpha value is -3.06. The van der Waals surface area contributed by atoms with Crippen LogP contribution in [0.15, 0.2) is 66.0 Å². The number of imide groups is 1. The molecule has 2 aromatic carbocycles. The van der Waals surface area contributed by atoms with Crippen LogP contribution in [-0.4, -0.2) is 26.7 Å². The quantitative estimate of drug-likeness (QED) is 0.599. The summed E-state index contributed by atoms with van der Waals surface area (Å²) in [6.07, 6.45) is 1.81. The number of aromatic nitrogens is 2. The third-order valence-electron chi connectivity index (χ3n) is 4.43. The van der Waals surface area contributed by atoms with Crippen LogP contribution in [0.25, 0.3) is 16.9 Å². The smallest absolute Gasteiger partial charge is 0.318 e.